The van der Waals surface area contributed by atoms with Crippen LogP contribution in [0.2, 0.25) is 0 Å². The molecule has 2 amide bonds. The summed E-state index contributed by atoms with van der Waals surface area (Å²) >= 11 is 0. The first-order valence-electron chi connectivity index (χ1n) is 9.94. The smallest absolute Gasteiger partial charge is 0.252 e. The SMILES string of the molecule is Cc1ccccc1C(=O)N[C@@H](C(=O)N1CC(C)(C)[C@H]1c1ccccc1)C(C)C. The fourth-order valence-corrected chi connectivity index (χ4v) is 4.14. The first kappa shape index (κ1) is 20.1. The van der Waals surface area contributed by atoms with Gasteiger partial charge in [-0.25, -0.2) is 0 Å². The van der Waals surface area contributed by atoms with Gasteiger partial charge in [0.15, 0.2) is 0 Å². The molecule has 0 radical (unpaired) electrons. The number of aryl methyl sites for hydroxylation is 1. The molecule has 28 heavy (non-hydrogen) atoms. The van der Waals surface area contributed by atoms with Crippen LogP contribution in [0, 0.1) is 18.3 Å². The van der Waals surface area contributed by atoms with Gasteiger partial charge in [-0.15, -0.1) is 0 Å². The summed E-state index contributed by atoms with van der Waals surface area (Å²) in [5.41, 5.74) is 2.67. The second-order valence-electron chi connectivity index (χ2n) is 8.78. The van der Waals surface area contributed by atoms with E-state index in [0.29, 0.717) is 12.1 Å². The lowest BCUT2D eigenvalue weighted by Gasteiger charge is -2.55. The van der Waals surface area contributed by atoms with Crippen LogP contribution in [0.4, 0.5) is 0 Å². The number of carbonyl (C=O) groups is 2. The zero-order valence-corrected chi connectivity index (χ0v) is 17.4. The van der Waals surface area contributed by atoms with Gasteiger partial charge in [-0.2, -0.15) is 0 Å². The summed E-state index contributed by atoms with van der Waals surface area (Å²) in [6.07, 6.45) is 0. The number of likely N-dealkylation sites (tertiary alicyclic amines) is 1. The highest BCUT2D eigenvalue weighted by molar-refractivity contribution is 5.98. The standard InChI is InChI=1S/C24H30N2O2/c1-16(2)20(25-22(27)19-14-10-9-11-17(19)3)23(28)26-15-24(4,5)21(26)18-12-7-6-8-13-18/h6-14,16,20-21H,15H2,1-5H3,(H,25,27)/t20-,21-/m1/s1. The van der Waals surface area contributed by atoms with Crippen LogP contribution in [0.3, 0.4) is 0 Å². The van der Waals surface area contributed by atoms with Gasteiger partial charge < -0.3 is 10.2 Å². The third-order valence-corrected chi connectivity index (χ3v) is 5.64. The average Bonchev–Trinajstić information content (AvgIpc) is 2.64. The number of carbonyl (C=O) groups excluding carboxylic acids is 2. The molecule has 0 spiro atoms. The van der Waals surface area contributed by atoms with E-state index in [1.54, 1.807) is 6.07 Å². The van der Waals surface area contributed by atoms with Crippen LogP contribution in [0.1, 0.15) is 55.2 Å². The predicted octanol–water partition coefficient (Wildman–Crippen LogP) is 4.36. The largest absolute Gasteiger partial charge is 0.340 e. The number of nitrogens with zero attached hydrogens (tertiary/aromatic N) is 1. The van der Waals surface area contributed by atoms with Crippen molar-refractivity contribution >= 4 is 11.8 Å². The molecule has 2 atom stereocenters. The number of nitrogens with one attached hydrogen (secondary N) is 1. The molecule has 0 aliphatic carbocycles. The van der Waals surface area contributed by atoms with Crippen LogP contribution < -0.4 is 5.32 Å². The maximum atomic E-state index is 13.4. The third-order valence-electron chi connectivity index (χ3n) is 5.64. The molecular formula is C24H30N2O2. The van der Waals surface area contributed by atoms with Crippen molar-refractivity contribution < 1.29 is 9.59 Å². The molecule has 0 bridgehead atoms. The Morgan fingerprint density at radius 3 is 2.21 bits per heavy atom. The van der Waals surface area contributed by atoms with Crippen LogP contribution >= 0.6 is 0 Å². The van der Waals surface area contributed by atoms with Crippen molar-refractivity contribution in [2.75, 3.05) is 6.54 Å². The Bertz CT molecular complexity index is 858. The van der Waals surface area contributed by atoms with E-state index in [1.165, 1.54) is 0 Å². The molecule has 1 saturated heterocycles. The Morgan fingerprint density at radius 1 is 1.04 bits per heavy atom. The summed E-state index contributed by atoms with van der Waals surface area (Å²) in [6.45, 7) is 10.9. The van der Waals surface area contributed by atoms with E-state index in [2.05, 4.69) is 31.3 Å². The van der Waals surface area contributed by atoms with Gasteiger partial charge in [-0.1, -0.05) is 76.2 Å². The quantitative estimate of drug-likeness (QED) is 0.840. The molecule has 0 aromatic heterocycles. The van der Waals surface area contributed by atoms with E-state index in [9.17, 15) is 9.59 Å². The first-order valence-corrected chi connectivity index (χ1v) is 9.94. The highest BCUT2D eigenvalue weighted by atomic mass is 16.2. The Hall–Kier alpha value is -2.62. The number of benzene rings is 2. The minimum atomic E-state index is -0.547. The van der Waals surface area contributed by atoms with Crippen molar-refractivity contribution in [1.82, 2.24) is 10.2 Å². The molecular weight excluding hydrogens is 348 g/mol. The highest BCUT2D eigenvalue weighted by Crippen LogP contribution is 2.48. The van der Waals surface area contributed by atoms with Crippen LogP contribution in [-0.2, 0) is 4.79 Å². The van der Waals surface area contributed by atoms with E-state index in [1.807, 2.05) is 62.1 Å². The Labute approximate surface area is 167 Å². The zero-order chi connectivity index (χ0) is 20.5. The summed E-state index contributed by atoms with van der Waals surface area (Å²) in [5, 5.41) is 2.99. The normalized spacial score (nSPS) is 19.1. The first-order chi connectivity index (χ1) is 13.2. The topological polar surface area (TPSA) is 49.4 Å². The fourth-order valence-electron chi connectivity index (χ4n) is 4.14. The molecule has 1 aliphatic heterocycles. The second kappa shape index (κ2) is 7.78. The summed E-state index contributed by atoms with van der Waals surface area (Å²) in [6, 6.07) is 17.1. The molecule has 3 rings (SSSR count). The van der Waals surface area contributed by atoms with Crippen LogP contribution in [0.15, 0.2) is 54.6 Å². The van der Waals surface area contributed by atoms with E-state index in [4.69, 9.17) is 0 Å². The van der Waals surface area contributed by atoms with E-state index < -0.39 is 6.04 Å². The van der Waals surface area contributed by atoms with Gasteiger partial charge in [0, 0.05) is 17.5 Å². The van der Waals surface area contributed by atoms with Crippen molar-refractivity contribution in [3.8, 4) is 0 Å². The minimum absolute atomic E-state index is 0.000559. The molecule has 148 valence electrons. The summed E-state index contributed by atoms with van der Waals surface area (Å²) < 4.78 is 0. The molecule has 2 aromatic rings. The maximum Gasteiger partial charge on any atom is 0.252 e. The minimum Gasteiger partial charge on any atom is -0.340 e. The molecule has 4 nitrogen and oxygen atoms in total. The van der Waals surface area contributed by atoms with Crippen molar-refractivity contribution in [3.63, 3.8) is 0 Å². The Balaban J connectivity index is 1.82. The summed E-state index contributed by atoms with van der Waals surface area (Å²) in [5.74, 6) is -0.202. The number of hydrogen-bond donors (Lipinski definition) is 1. The van der Waals surface area contributed by atoms with Crippen molar-refractivity contribution in [3.05, 3.63) is 71.3 Å². The van der Waals surface area contributed by atoms with Crippen molar-refractivity contribution in [2.24, 2.45) is 11.3 Å². The van der Waals surface area contributed by atoms with E-state index in [-0.39, 0.29) is 29.2 Å². The highest BCUT2D eigenvalue weighted by Gasteiger charge is 2.50. The molecule has 1 heterocycles. The van der Waals surface area contributed by atoms with Gasteiger partial charge in [0.25, 0.3) is 5.91 Å². The number of rotatable bonds is 5. The molecule has 0 saturated carbocycles. The zero-order valence-electron chi connectivity index (χ0n) is 17.4. The Morgan fingerprint density at radius 2 is 1.64 bits per heavy atom. The molecule has 1 fully saturated rings. The van der Waals surface area contributed by atoms with Gasteiger partial charge in [-0.05, 0) is 30.0 Å². The lowest BCUT2D eigenvalue weighted by Crippen LogP contribution is -2.63. The van der Waals surface area contributed by atoms with E-state index in [0.717, 1.165) is 11.1 Å². The lowest BCUT2D eigenvalue weighted by atomic mass is 9.71. The third kappa shape index (κ3) is 3.82. The lowest BCUT2D eigenvalue weighted by molar-refractivity contribution is -0.155. The van der Waals surface area contributed by atoms with Gasteiger partial charge in [0.1, 0.15) is 6.04 Å². The van der Waals surface area contributed by atoms with Crippen LogP contribution in [0.25, 0.3) is 0 Å². The summed E-state index contributed by atoms with van der Waals surface area (Å²) in [4.78, 5) is 28.1. The molecule has 0 unspecified atom stereocenters. The van der Waals surface area contributed by atoms with E-state index >= 15 is 0 Å². The molecule has 1 aliphatic rings. The molecule has 4 heteroatoms. The van der Waals surface area contributed by atoms with Crippen molar-refractivity contribution in [1.29, 1.82) is 0 Å². The van der Waals surface area contributed by atoms with Gasteiger partial charge >= 0.3 is 0 Å². The van der Waals surface area contributed by atoms with Gasteiger partial charge in [0.2, 0.25) is 5.91 Å². The van der Waals surface area contributed by atoms with Crippen LogP contribution in [-0.4, -0.2) is 29.3 Å². The maximum absolute atomic E-state index is 13.4. The van der Waals surface area contributed by atoms with Gasteiger partial charge in [-0.3, -0.25) is 9.59 Å². The summed E-state index contributed by atoms with van der Waals surface area (Å²) in [7, 11) is 0. The average molecular weight is 379 g/mol. The van der Waals surface area contributed by atoms with Gasteiger partial charge in [0.05, 0.1) is 6.04 Å². The molecule has 2 aromatic carbocycles. The predicted molar refractivity (Wildman–Crippen MR) is 112 cm³/mol. The Kier molecular flexibility index (Phi) is 5.59. The van der Waals surface area contributed by atoms with Crippen LogP contribution in [0.5, 0.6) is 0 Å². The fraction of sp³-hybridized carbons (Fsp3) is 0.417. The molecule has 1 N–H and O–H groups in total. The number of amides is 2. The second-order valence-corrected chi connectivity index (χ2v) is 8.78. The van der Waals surface area contributed by atoms with Crippen molar-refractivity contribution in [2.45, 2.75) is 46.7 Å². The number of hydrogen-bond acceptors (Lipinski definition) is 2. The monoisotopic (exact) mass is 378 g/mol.